The van der Waals surface area contributed by atoms with Crippen LogP contribution in [0.15, 0.2) is 40.9 Å². The fourth-order valence-electron chi connectivity index (χ4n) is 2.70. The molecule has 0 saturated heterocycles. The maximum atomic E-state index is 13.1. The number of carbonyl (C=O) groups is 2. The van der Waals surface area contributed by atoms with Gasteiger partial charge in [-0.25, -0.2) is 0 Å². The Bertz CT molecular complexity index is 942. The molecule has 0 spiro atoms. The largest absolute Gasteiger partial charge is 0.482 e. The Morgan fingerprint density at radius 2 is 1.81 bits per heavy atom. The van der Waals surface area contributed by atoms with Gasteiger partial charge in [-0.15, -0.1) is 0 Å². The van der Waals surface area contributed by atoms with E-state index in [1.54, 1.807) is 43.3 Å². The van der Waals surface area contributed by atoms with Gasteiger partial charge in [0.15, 0.2) is 6.61 Å². The van der Waals surface area contributed by atoms with Crippen LogP contribution in [0.2, 0.25) is 15.1 Å². The zero-order valence-corrected chi connectivity index (χ0v) is 21.3. The van der Waals surface area contributed by atoms with Crippen LogP contribution in [0.3, 0.4) is 0 Å². The van der Waals surface area contributed by atoms with Crippen LogP contribution in [0.25, 0.3) is 0 Å². The maximum absolute atomic E-state index is 13.1. The summed E-state index contributed by atoms with van der Waals surface area (Å²) in [6.07, 6.45) is 0.778. The molecule has 2 unspecified atom stereocenters. The number of benzene rings is 2. The lowest BCUT2D eigenvalue weighted by Crippen LogP contribution is -2.50. The summed E-state index contributed by atoms with van der Waals surface area (Å²) in [6, 6.07) is 9.38. The molecule has 0 aliphatic heterocycles. The lowest BCUT2D eigenvalue weighted by Gasteiger charge is -2.30. The van der Waals surface area contributed by atoms with Crippen LogP contribution in [-0.2, 0) is 16.1 Å². The van der Waals surface area contributed by atoms with Gasteiger partial charge in [-0.05, 0) is 56.2 Å². The Balaban J connectivity index is 2.22. The van der Waals surface area contributed by atoms with Gasteiger partial charge in [0.25, 0.3) is 5.91 Å². The van der Waals surface area contributed by atoms with Gasteiger partial charge < -0.3 is 15.0 Å². The van der Waals surface area contributed by atoms with Crippen molar-refractivity contribution in [2.75, 3.05) is 6.61 Å². The number of amides is 2. The first kappa shape index (κ1) is 25.8. The van der Waals surface area contributed by atoms with Crippen molar-refractivity contribution in [3.63, 3.8) is 0 Å². The molecule has 0 fully saturated rings. The van der Waals surface area contributed by atoms with Gasteiger partial charge in [-0.2, -0.15) is 0 Å². The summed E-state index contributed by atoms with van der Waals surface area (Å²) in [6.45, 7) is 5.40. The Kier molecular flexibility index (Phi) is 9.94. The minimum Gasteiger partial charge on any atom is -0.482 e. The first-order valence-corrected chi connectivity index (χ1v) is 11.7. The summed E-state index contributed by atoms with van der Waals surface area (Å²) in [7, 11) is 0. The molecule has 0 aliphatic carbocycles. The Labute approximate surface area is 206 Å². The molecule has 2 amide bonds. The van der Waals surface area contributed by atoms with E-state index >= 15 is 0 Å². The second-order valence-electron chi connectivity index (χ2n) is 7.11. The van der Waals surface area contributed by atoms with Gasteiger partial charge in [0, 0.05) is 27.1 Å². The van der Waals surface area contributed by atoms with Gasteiger partial charge in [-0.3, -0.25) is 9.59 Å². The first-order valence-electron chi connectivity index (χ1n) is 9.74. The van der Waals surface area contributed by atoms with Gasteiger partial charge in [0.05, 0.1) is 5.02 Å². The van der Waals surface area contributed by atoms with Gasteiger partial charge in [0.2, 0.25) is 5.91 Å². The van der Waals surface area contributed by atoms with Crippen molar-refractivity contribution in [1.82, 2.24) is 10.2 Å². The van der Waals surface area contributed by atoms with E-state index in [0.29, 0.717) is 26.4 Å². The molecular formula is C22H24BrCl3N2O3. The molecule has 5 nitrogen and oxygen atoms in total. The van der Waals surface area contributed by atoms with E-state index < -0.39 is 6.04 Å². The van der Waals surface area contributed by atoms with E-state index in [2.05, 4.69) is 21.2 Å². The van der Waals surface area contributed by atoms with Crippen molar-refractivity contribution >= 4 is 62.5 Å². The van der Waals surface area contributed by atoms with Gasteiger partial charge in [-0.1, -0.05) is 63.7 Å². The fraction of sp³-hybridized carbons (Fsp3) is 0.364. The van der Waals surface area contributed by atoms with Crippen LogP contribution < -0.4 is 10.1 Å². The minimum absolute atomic E-state index is 0.0103. The number of nitrogens with one attached hydrogen (secondary N) is 1. The predicted octanol–water partition coefficient (Wildman–Crippen LogP) is 6.12. The highest BCUT2D eigenvalue weighted by atomic mass is 79.9. The van der Waals surface area contributed by atoms with E-state index in [-0.39, 0.29) is 31.0 Å². The molecule has 0 bridgehead atoms. The lowest BCUT2D eigenvalue weighted by molar-refractivity contribution is -0.142. The summed E-state index contributed by atoms with van der Waals surface area (Å²) in [5.74, 6) is -0.259. The fourth-order valence-corrected chi connectivity index (χ4v) is 3.89. The van der Waals surface area contributed by atoms with Crippen LogP contribution in [0.1, 0.15) is 32.8 Å². The van der Waals surface area contributed by atoms with Crippen LogP contribution in [-0.4, -0.2) is 35.4 Å². The Morgan fingerprint density at radius 3 is 2.42 bits per heavy atom. The number of carbonyl (C=O) groups excluding carboxylic acids is 2. The van der Waals surface area contributed by atoms with Crippen LogP contribution in [0.5, 0.6) is 5.75 Å². The topological polar surface area (TPSA) is 58.6 Å². The minimum atomic E-state index is -0.739. The van der Waals surface area contributed by atoms with Crippen LogP contribution >= 0.6 is 50.7 Å². The highest BCUT2D eigenvalue weighted by Gasteiger charge is 2.28. The standard InChI is InChI=1S/C22H24BrCl3N2O3/c1-4-13(2)27-22(30)14(3)28(11-15-5-7-17(24)10-18(15)25)21(29)12-31-20-8-6-16(23)9-19(20)26/h5-10,13-14H,4,11-12H2,1-3H3,(H,27,30). The molecule has 168 valence electrons. The number of ether oxygens (including phenoxy) is 1. The van der Waals surface area contributed by atoms with Crippen molar-refractivity contribution in [1.29, 1.82) is 0 Å². The monoisotopic (exact) mass is 548 g/mol. The molecule has 0 aromatic heterocycles. The Morgan fingerprint density at radius 1 is 1.10 bits per heavy atom. The average Bonchev–Trinajstić information content (AvgIpc) is 2.71. The van der Waals surface area contributed by atoms with E-state index in [1.807, 2.05) is 13.8 Å². The smallest absolute Gasteiger partial charge is 0.261 e. The molecular weight excluding hydrogens is 527 g/mol. The molecule has 31 heavy (non-hydrogen) atoms. The zero-order chi connectivity index (χ0) is 23.1. The zero-order valence-electron chi connectivity index (χ0n) is 17.4. The average molecular weight is 551 g/mol. The molecule has 2 aromatic carbocycles. The number of halogens is 4. The third-order valence-corrected chi connectivity index (χ3v) is 6.14. The third kappa shape index (κ3) is 7.56. The maximum Gasteiger partial charge on any atom is 0.261 e. The molecule has 2 aromatic rings. The first-order chi connectivity index (χ1) is 14.6. The molecule has 0 heterocycles. The highest BCUT2D eigenvalue weighted by molar-refractivity contribution is 9.10. The van der Waals surface area contributed by atoms with Gasteiger partial charge in [0.1, 0.15) is 11.8 Å². The van der Waals surface area contributed by atoms with Crippen molar-refractivity contribution in [2.24, 2.45) is 0 Å². The van der Waals surface area contributed by atoms with E-state index in [1.165, 1.54) is 4.90 Å². The van der Waals surface area contributed by atoms with Crippen molar-refractivity contribution in [3.8, 4) is 5.75 Å². The molecule has 0 radical (unpaired) electrons. The van der Waals surface area contributed by atoms with E-state index in [4.69, 9.17) is 39.5 Å². The third-order valence-electron chi connectivity index (χ3n) is 4.77. The van der Waals surface area contributed by atoms with E-state index in [9.17, 15) is 9.59 Å². The van der Waals surface area contributed by atoms with E-state index in [0.717, 1.165) is 10.9 Å². The van der Waals surface area contributed by atoms with Crippen molar-refractivity contribution in [3.05, 3.63) is 61.5 Å². The lowest BCUT2D eigenvalue weighted by atomic mass is 10.1. The predicted molar refractivity (Wildman–Crippen MR) is 129 cm³/mol. The summed E-state index contributed by atoms with van der Waals surface area (Å²) in [5.41, 5.74) is 0.671. The second kappa shape index (κ2) is 12.0. The number of nitrogens with zero attached hydrogens (tertiary/aromatic N) is 1. The van der Waals surface area contributed by atoms with Crippen molar-refractivity contribution in [2.45, 2.75) is 45.8 Å². The summed E-state index contributed by atoms with van der Waals surface area (Å²) >= 11 is 21.8. The summed E-state index contributed by atoms with van der Waals surface area (Å²) in [5, 5.41) is 4.18. The molecule has 0 aliphatic rings. The van der Waals surface area contributed by atoms with Crippen LogP contribution in [0.4, 0.5) is 0 Å². The second-order valence-corrected chi connectivity index (χ2v) is 9.28. The Hall–Kier alpha value is -1.47. The molecule has 2 rings (SSSR count). The van der Waals surface area contributed by atoms with Gasteiger partial charge >= 0.3 is 0 Å². The molecule has 0 saturated carbocycles. The quantitative estimate of drug-likeness (QED) is 0.409. The molecule has 1 N–H and O–H groups in total. The summed E-state index contributed by atoms with van der Waals surface area (Å²) < 4.78 is 6.42. The normalized spacial score (nSPS) is 12.7. The number of hydrogen-bond acceptors (Lipinski definition) is 3. The van der Waals surface area contributed by atoms with Crippen molar-refractivity contribution < 1.29 is 14.3 Å². The SMILES string of the molecule is CCC(C)NC(=O)C(C)N(Cc1ccc(Cl)cc1Cl)C(=O)COc1ccc(Br)cc1Cl. The van der Waals surface area contributed by atoms with Crippen LogP contribution in [0, 0.1) is 0 Å². The molecule has 9 heteroatoms. The molecule has 2 atom stereocenters. The summed E-state index contributed by atoms with van der Waals surface area (Å²) in [4.78, 5) is 27.2. The number of rotatable bonds is 9. The number of hydrogen-bond donors (Lipinski definition) is 1. The highest BCUT2D eigenvalue weighted by Crippen LogP contribution is 2.28.